The molecule has 370 valence electrons. The quantitative estimate of drug-likeness (QED) is 0.0262. The molecule has 1 unspecified atom stereocenters. The lowest BCUT2D eigenvalue weighted by atomic mass is 10.0. The number of ether oxygens (including phenoxy) is 3. The maximum absolute atomic E-state index is 12.8. The van der Waals surface area contributed by atoms with Crippen molar-refractivity contribution in [2.45, 2.75) is 309 Å². The van der Waals surface area contributed by atoms with Crippen molar-refractivity contribution in [3.8, 4) is 0 Å². The highest BCUT2D eigenvalue weighted by Gasteiger charge is 2.19. The van der Waals surface area contributed by atoms with Gasteiger partial charge in [0.2, 0.25) is 0 Å². The Morgan fingerprint density at radius 2 is 0.619 bits per heavy atom. The van der Waals surface area contributed by atoms with Gasteiger partial charge in [-0.25, -0.2) is 0 Å². The van der Waals surface area contributed by atoms with Gasteiger partial charge in [-0.05, 0) is 44.9 Å². The second-order valence-electron chi connectivity index (χ2n) is 18.8. The minimum absolute atomic E-state index is 0.0692. The van der Waals surface area contributed by atoms with Crippen LogP contribution in [0.4, 0.5) is 0 Å². The second kappa shape index (κ2) is 52.5. The molecule has 0 amide bonds. The SMILES string of the molecule is CC/C=C\C/C=C\CCCCCCCCCC(=O)OC(COC(=O)CCCCCCCCCCCCCCC)COC(=O)CCCCCCCCCCCCCCCCCCCC. The van der Waals surface area contributed by atoms with E-state index in [2.05, 4.69) is 45.1 Å². The van der Waals surface area contributed by atoms with Gasteiger partial charge >= 0.3 is 17.9 Å². The van der Waals surface area contributed by atoms with Gasteiger partial charge in [0.15, 0.2) is 6.10 Å². The van der Waals surface area contributed by atoms with E-state index in [1.807, 2.05) is 0 Å². The number of allylic oxidation sites excluding steroid dienone is 4. The first kappa shape index (κ1) is 60.9. The molecule has 63 heavy (non-hydrogen) atoms. The molecule has 0 aromatic rings. The highest BCUT2D eigenvalue weighted by atomic mass is 16.6. The van der Waals surface area contributed by atoms with E-state index < -0.39 is 6.10 Å². The molecule has 1 atom stereocenters. The molecule has 6 heteroatoms. The zero-order valence-electron chi connectivity index (χ0n) is 42.4. The van der Waals surface area contributed by atoms with Crippen molar-refractivity contribution >= 4 is 17.9 Å². The van der Waals surface area contributed by atoms with E-state index in [1.165, 1.54) is 186 Å². The molecule has 0 heterocycles. The van der Waals surface area contributed by atoms with Crippen molar-refractivity contribution in [3.05, 3.63) is 24.3 Å². The monoisotopic (exact) mass is 887 g/mol. The van der Waals surface area contributed by atoms with Crippen LogP contribution in [0.25, 0.3) is 0 Å². The van der Waals surface area contributed by atoms with Crippen LogP contribution in [0.2, 0.25) is 0 Å². The summed E-state index contributed by atoms with van der Waals surface area (Å²) in [7, 11) is 0. The molecular formula is C57H106O6. The minimum Gasteiger partial charge on any atom is -0.462 e. The predicted octanol–water partition coefficient (Wildman–Crippen LogP) is 18.3. The molecule has 0 aliphatic rings. The summed E-state index contributed by atoms with van der Waals surface area (Å²) in [5, 5.41) is 0. The van der Waals surface area contributed by atoms with Crippen LogP contribution in [0.5, 0.6) is 0 Å². The van der Waals surface area contributed by atoms with Crippen molar-refractivity contribution in [3.63, 3.8) is 0 Å². The molecule has 0 radical (unpaired) electrons. The van der Waals surface area contributed by atoms with E-state index in [4.69, 9.17) is 14.2 Å². The van der Waals surface area contributed by atoms with Crippen LogP contribution in [0, 0.1) is 0 Å². The molecule has 0 aliphatic heterocycles. The van der Waals surface area contributed by atoms with E-state index in [-0.39, 0.29) is 31.1 Å². The minimum atomic E-state index is -0.769. The fourth-order valence-electron chi connectivity index (χ4n) is 8.31. The van der Waals surface area contributed by atoms with Crippen LogP contribution >= 0.6 is 0 Å². The van der Waals surface area contributed by atoms with Gasteiger partial charge in [0.05, 0.1) is 0 Å². The van der Waals surface area contributed by atoms with Gasteiger partial charge in [0.25, 0.3) is 0 Å². The number of esters is 3. The average Bonchev–Trinajstić information content (AvgIpc) is 3.28. The Hall–Kier alpha value is -2.11. The Bertz CT molecular complexity index is 1020. The number of hydrogen-bond acceptors (Lipinski definition) is 6. The Balaban J connectivity index is 4.30. The van der Waals surface area contributed by atoms with Gasteiger partial charge < -0.3 is 14.2 Å². The molecule has 6 nitrogen and oxygen atoms in total. The van der Waals surface area contributed by atoms with E-state index in [1.54, 1.807) is 0 Å². The molecule has 0 aromatic heterocycles. The standard InChI is InChI=1S/C57H106O6/c1-4-7-10-13-16-19-22-25-27-28-29-30-33-35-38-41-44-47-50-56(59)62-53-54(52-61-55(58)49-46-43-40-37-34-31-24-21-18-15-12-9-6-3)63-57(60)51-48-45-42-39-36-32-26-23-20-17-14-11-8-5-2/h8,11,17,20,54H,4-7,9-10,12-16,18-19,21-53H2,1-3H3/b11-8-,20-17-. The van der Waals surface area contributed by atoms with E-state index in [0.29, 0.717) is 19.3 Å². The summed E-state index contributed by atoms with van der Waals surface area (Å²) in [5.74, 6) is -0.858. The first-order chi connectivity index (χ1) is 31.0. The lowest BCUT2D eigenvalue weighted by Gasteiger charge is -2.18. The molecule has 0 bridgehead atoms. The molecule has 0 fully saturated rings. The Kier molecular flexibility index (Phi) is 50.8. The molecule has 0 aromatic carbocycles. The molecular weight excluding hydrogens is 781 g/mol. The maximum atomic E-state index is 12.8. The maximum Gasteiger partial charge on any atom is 0.306 e. The molecule has 0 rings (SSSR count). The largest absolute Gasteiger partial charge is 0.462 e. The first-order valence-corrected chi connectivity index (χ1v) is 27.8. The van der Waals surface area contributed by atoms with Crippen LogP contribution in [-0.2, 0) is 28.6 Å². The van der Waals surface area contributed by atoms with Crippen molar-refractivity contribution in [1.29, 1.82) is 0 Å². The zero-order chi connectivity index (χ0) is 45.8. The molecule has 0 saturated carbocycles. The summed E-state index contributed by atoms with van der Waals surface area (Å²) < 4.78 is 16.8. The zero-order valence-corrected chi connectivity index (χ0v) is 42.4. The second-order valence-corrected chi connectivity index (χ2v) is 18.8. The molecule has 0 N–H and O–H groups in total. The van der Waals surface area contributed by atoms with Crippen LogP contribution in [-0.4, -0.2) is 37.2 Å². The fourth-order valence-corrected chi connectivity index (χ4v) is 8.31. The lowest BCUT2D eigenvalue weighted by Crippen LogP contribution is -2.30. The van der Waals surface area contributed by atoms with Crippen LogP contribution in [0.1, 0.15) is 303 Å². The number of unbranched alkanes of at least 4 members (excludes halogenated alkanes) is 36. The number of rotatable bonds is 51. The van der Waals surface area contributed by atoms with E-state index in [0.717, 1.165) is 77.0 Å². The highest BCUT2D eigenvalue weighted by Crippen LogP contribution is 2.17. The molecule has 0 spiro atoms. The smallest absolute Gasteiger partial charge is 0.306 e. The Morgan fingerprint density at radius 3 is 0.952 bits per heavy atom. The fraction of sp³-hybridized carbons (Fsp3) is 0.877. The Morgan fingerprint density at radius 1 is 0.333 bits per heavy atom. The van der Waals surface area contributed by atoms with Crippen molar-refractivity contribution in [2.75, 3.05) is 13.2 Å². The third-order valence-corrected chi connectivity index (χ3v) is 12.5. The summed E-state index contributed by atoms with van der Waals surface area (Å²) in [6, 6.07) is 0. The van der Waals surface area contributed by atoms with Gasteiger partial charge in [0.1, 0.15) is 13.2 Å². The third-order valence-electron chi connectivity index (χ3n) is 12.5. The van der Waals surface area contributed by atoms with Gasteiger partial charge in [-0.1, -0.05) is 263 Å². The first-order valence-electron chi connectivity index (χ1n) is 27.8. The summed E-state index contributed by atoms with van der Waals surface area (Å²) >= 11 is 0. The van der Waals surface area contributed by atoms with Crippen molar-refractivity contribution in [1.82, 2.24) is 0 Å². The number of carbonyl (C=O) groups excluding carboxylic acids is 3. The van der Waals surface area contributed by atoms with E-state index in [9.17, 15) is 14.4 Å². The third kappa shape index (κ3) is 50.7. The number of hydrogen-bond donors (Lipinski definition) is 0. The highest BCUT2D eigenvalue weighted by molar-refractivity contribution is 5.71. The lowest BCUT2D eigenvalue weighted by molar-refractivity contribution is -0.167. The van der Waals surface area contributed by atoms with E-state index >= 15 is 0 Å². The van der Waals surface area contributed by atoms with Crippen LogP contribution < -0.4 is 0 Å². The summed E-state index contributed by atoms with van der Waals surface area (Å²) in [6.07, 6.45) is 60.2. The average molecular weight is 887 g/mol. The summed E-state index contributed by atoms with van der Waals surface area (Å²) in [4.78, 5) is 38.1. The Labute approximate surface area is 392 Å². The van der Waals surface area contributed by atoms with Crippen LogP contribution in [0.15, 0.2) is 24.3 Å². The van der Waals surface area contributed by atoms with Gasteiger partial charge in [-0.3, -0.25) is 14.4 Å². The van der Waals surface area contributed by atoms with Crippen LogP contribution in [0.3, 0.4) is 0 Å². The normalized spacial score (nSPS) is 12.1. The van der Waals surface area contributed by atoms with Gasteiger partial charge in [-0.2, -0.15) is 0 Å². The van der Waals surface area contributed by atoms with Gasteiger partial charge in [-0.15, -0.1) is 0 Å². The summed E-state index contributed by atoms with van der Waals surface area (Å²) in [5.41, 5.74) is 0. The molecule has 0 aliphatic carbocycles. The molecule has 0 saturated heterocycles. The number of carbonyl (C=O) groups is 3. The summed E-state index contributed by atoms with van der Waals surface area (Å²) in [6.45, 7) is 6.57. The topological polar surface area (TPSA) is 78.9 Å². The van der Waals surface area contributed by atoms with Gasteiger partial charge in [0, 0.05) is 19.3 Å². The van der Waals surface area contributed by atoms with Crippen molar-refractivity contribution in [2.24, 2.45) is 0 Å². The predicted molar refractivity (Wildman–Crippen MR) is 270 cm³/mol. The van der Waals surface area contributed by atoms with Crippen molar-refractivity contribution < 1.29 is 28.6 Å².